The number of thioether (sulfide) groups is 1. The van der Waals surface area contributed by atoms with Gasteiger partial charge in [-0.25, -0.2) is 17.6 Å². The minimum atomic E-state index is -2.93. The number of halogens is 5. The first-order valence-corrected chi connectivity index (χ1v) is 13.7. The van der Waals surface area contributed by atoms with E-state index < -0.39 is 23.2 Å². The Morgan fingerprint density at radius 3 is 2.29 bits per heavy atom. The molecule has 0 fully saturated rings. The Balaban J connectivity index is 1.82. The molecular weight excluding hydrogens is 530 g/mol. The van der Waals surface area contributed by atoms with Gasteiger partial charge in [-0.15, -0.1) is 11.8 Å². The van der Waals surface area contributed by atoms with Gasteiger partial charge in [0.15, 0.2) is 0 Å². The molecule has 1 aliphatic rings. The number of alkyl halides is 2. The normalized spacial score (nSPS) is 16.3. The van der Waals surface area contributed by atoms with E-state index in [1.165, 1.54) is 18.2 Å². The summed E-state index contributed by atoms with van der Waals surface area (Å²) in [7, 11) is 0. The number of anilines is 1. The second kappa shape index (κ2) is 11.2. The summed E-state index contributed by atoms with van der Waals surface area (Å²) in [6.07, 6.45) is -0.821. The lowest BCUT2D eigenvalue weighted by atomic mass is 9.77. The standard InChI is InChI=1S/C31H30ClF4NS/c1-18-6-7-21(26(32)14-18)17-38-30-20(3)19(2)15-28(37(30)24-11-9-23(33)10-12-24)31(4,5)22-8-13-27(34)25(16-22)29(35)36/h6-16,19,29H,17H2,1-5H3. The van der Waals surface area contributed by atoms with Crippen molar-refractivity contribution in [1.29, 1.82) is 0 Å². The molecule has 0 spiro atoms. The van der Waals surface area contributed by atoms with E-state index >= 15 is 0 Å². The highest BCUT2D eigenvalue weighted by Gasteiger charge is 2.37. The Bertz CT molecular complexity index is 1400. The topological polar surface area (TPSA) is 3.24 Å². The fourth-order valence-corrected chi connectivity index (χ4v) is 6.26. The largest absolute Gasteiger partial charge is 0.308 e. The first-order valence-electron chi connectivity index (χ1n) is 12.3. The third-order valence-corrected chi connectivity index (χ3v) is 8.71. The molecule has 1 unspecified atom stereocenters. The van der Waals surface area contributed by atoms with Crippen LogP contribution < -0.4 is 4.90 Å². The molecule has 1 heterocycles. The average molecular weight is 560 g/mol. The van der Waals surface area contributed by atoms with Crippen LogP contribution in [0.25, 0.3) is 0 Å². The van der Waals surface area contributed by atoms with Crippen molar-refractivity contribution in [2.24, 2.45) is 5.92 Å². The molecular formula is C31H30ClF4NS. The number of benzene rings is 3. The van der Waals surface area contributed by atoms with Crippen molar-refractivity contribution < 1.29 is 17.6 Å². The molecule has 1 nitrogen and oxygen atoms in total. The van der Waals surface area contributed by atoms with Crippen molar-refractivity contribution in [2.45, 2.75) is 52.2 Å². The summed E-state index contributed by atoms with van der Waals surface area (Å²) in [6, 6.07) is 16.1. The molecule has 0 aromatic heterocycles. The van der Waals surface area contributed by atoms with Crippen molar-refractivity contribution in [1.82, 2.24) is 0 Å². The van der Waals surface area contributed by atoms with Crippen molar-refractivity contribution >= 4 is 29.1 Å². The van der Waals surface area contributed by atoms with Crippen molar-refractivity contribution in [3.8, 4) is 0 Å². The molecule has 1 atom stereocenters. The van der Waals surface area contributed by atoms with E-state index in [4.69, 9.17) is 11.6 Å². The average Bonchev–Trinajstić information content (AvgIpc) is 2.86. The minimum Gasteiger partial charge on any atom is -0.308 e. The molecule has 3 aromatic rings. The first kappa shape index (κ1) is 28.3. The van der Waals surface area contributed by atoms with E-state index in [0.29, 0.717) is 16.3 Å². The highest BCUT2D eigenvalue weighted by Crippen LogP contribution is 2.47. The number of aryl methyl sites for hydroxylation is 1. The highest BCUT2D eigenvalue weighted by molar-refractivity contribution is 8.02. The molecule has 0 aliphatic carbocycles. The molecule has 0 saturated heterocycles. The second-order valence-electron chi connectivity index (χ2n) is 10.2. The SMILES string of the molecule is CC1=C(SCc2ccc(C)cc2Cl)N(c2ccc(F)cc2)C(C(C)(C)c2ccc(F)c(C(F)F)c2)=CC1C. The van der Waals surface area contributed by atoms with Gasteiger partial charge in [0, 0.05) is 27.6 Å². The lowest BCUT2D eigenvalue weighted by Gasteiger charge is -2.43. The Labute approximate surface area is 231 Å². The van der Waals surface area contributed by atoms with Crippen molar-refractivity contribution in [3.05, 3.63) is 122 Å². The summed E-state index contributed by atoms with van der Waals surface area (Å²) in [5, 5.41) is 1.65. The molecule has 0 radical (unpaired) electrons. The zero-order chi connectivity index (χ0) is 27.8. The molecule has 0 saturated carbocycles. The van der Waals surface area contributed by atoms with E-state index in [-0.39, 0.29) is 11.7 Å². The van der Waals surface area contributed by atoms with Crippen LogP contribution in [0, 0.1) is 24.5 Å². The lowest BCUT2D eigenvalue weighted by molar-refractivity contribution is 0.146. The third kappa shape index (κ3) is 5.67. The molecule has 0 amide bonds. The van der Waals surface area contributed by atoms with Crippen LogP contribution in [0.3, 0.4) is 0 Å². The van der Waals surface area contributed by atoms with Crippen LogP contribution in [0.4, 0.5) is 23.2 Å². The first-order chi connectivity index (χ1) is 17.9. The molecule has 4 rings (SSSR count). The van der Waals surface area contributed by atoms with Gasteiger partial charge in [-0.1, -0.05) is 56.6 Å². The van der Waals surface area contributed by atoms with Gasteiger partial charge in [0.25, 0.3) is 6.43 Å². The van der Waals surface area contributed by atoms with E-state index in [1.54, 1.807) is 30.0 Å². The molecule has 38 heavy (non-hydrogen) atoms. The number of nitrogens with zero attached hydrogens (tertiary/aromatic N) is 1. The van der Waals surface area contributed by atoms with Crippen LogP contribution in [-0.2, 0) is 11.2 Å². The van der Waals surface area contributed by atoms with Crippen molar-refractivity contribution in [3.63, 3.8) is 0 Å². The molecule has 0 bridgehead atoms. The zero-order valence-electron chi connectivity index (χ0n) is 22.0. The van der Waals surface area contributed by atoms with Gasteiger partial charge in [-0.2, -0.15) is 0 Å². The van der Waals surface area contributed by atoms with Crippen LogP contribution in [0.15, 0.2) is 83.0 Å². The summed E-state index contributed by atoms with van der Waals surface area (Å²) in [4.78, 5) is 2.06. The number of allylic oxidation sites excluding steroid dienone is 3. The summed E-state index contributed by atoms with van der Waals surface area (Å²) in [5.74, 6) is -0.629. The van der Waals surface area contributed by atoms with E-state index in [2.05, 4.69) is 24.8 Å². The Kier molecular flexibility index (Phi) is 8.34. The quantitative estimate of drug-likeness (QED) is 0.265. The summed E-state index contributed by atoms with van der Waals surface area (Å²) in [5.41, 5.74) is 3.92. The van der Waals surface area contributed by atoms with Gasteiger partial charge < -0.3 is 4.90 Å². The fourth-order valence-electron chi connectivity index (χ4n) is 4.59. The summed E-state index contributed by atoms with van der Waals surface area (Å²) in [6.45, 7) is 10.0. The molecule has 7 heteroatoms. The molecule has 200 valence electrons. The Morgan fingerprint density at radius 1 is 0.974 bits per heavy atom. The van der Waals surface area contributed by atoms with E-state index in [9.17, 15) is 17.6 Å². The lowest BCUT2D eigenvalue weighted by Crippen LogP contribution is -2.37. The summed E-state index contributed by atoms with van der Waals surface area (Å²) < 4.78 is 55.3. The van der Waals surface area contributed by atoms with Gasteiger partial charge in [-0.05, 0) is 84.5 Å². The zero-order valence-corrected chi connectivity index (χ0v) is 23.5. The van der Waals surface area contributed by atoms with Gasteiger partial charge in [0.05, 0.1) is 10.6 Å². The maximum Gasteiger partial charge on any atom is 0.266 e. The van der Waals surface area contributed by atoms with Crippen LogP contribution in [0.5, 0.6) is 0 Å². The van der Waals surface area contributed by atoms with Gasteiger partial charge >= 0.3 is 0 Å². The second-order valence-corrected chi connectivity index (χ2v) is 11.6. The molecule has 0 N–H and O–H groups in total. The number of rotatable bonds is 7. The smallest absolute Gasteiger partial charge is 0.266 e. The highest BCUT2D eigenvalue weighted by atomic mass is 35.5. The van der Waals surface area contributed by atoms with Gasteiger partial charge in [0.1, 0.15) is 11.6 Å². The van der Waals surface area contributed by atoms with Gasteiger partial charge in [0.2, 0.25) is 0 Å². The van der Waals surface area contributed by atoms with Gasteiger partial charge in [-0.3, -0.25) is 0 Å². The fraction of sp³-hybridized carbons (Fsp3) is 0.290. The third-order valence-electron chi connectivity index (χ3n) is 7.12. The van der Waals surface area contributed by atoms with Crippen LogP contribution in [0.1, 0.15) is 56.4 Å². The Hall–Kier alpha value is -2.70. The van der Waals surface area contributed by atoms with Crippen LogP contribution in [0.2, 0.25) is 5.02 Å². The number of hydrogen-bond acceptors (Lipinski definition) is 2. The number of hydrogen-bond donors (Lipinski definition) is 0. The monoisotopic (exact) mass is 559 g/mol. The Morgan fingerprint density at radius 2 is 1.66 bits per heavy atom. The maximum atomic E-state index is 14.2. The predicted octanol–water partition coefficient (Wildman–Crippen LogP) is 10.3. The molecule has 1 aliphatic heterocycles. The molecule has 3 aromatic carbocycles. The predicted molar refractivity (Wildman–Crippen MR) is 151 cm³/mol. The minimum absolute atomic E-state index is 0.0481. The van der Waals surface area contributed by atoms with Crippen LogP contribution >= 0.6 is 23.4 Å². The maximum absolute atomic E-state index is 14.2. The van der Waals surface area contributed by atoms with Crippen LogP contribution in [-0.4, -0.2) is 0 Å². The van der Waals surface area contributed by atoms with E-state index in [1.807, 2.05) is 39.0 Å². The van der Waals surface area contributed by atoms with E-state index in [0.717, 1.165) is 39.2 Å². The summed E-state index contributed by atoms with van der Waals surface area (Å²) >= 11 is 8.15. The van der Waals surface area contributed by atoms with Crippen molar-refractivity contribution in [2.75, 3.05) is 4.90 Å².